The summed E-state index contributed by atoms with van der Waals surface area (Å²) in [6, 6.07) is 7.70. The second-order valence-electron chi connectivity index (χ2n) is 7.68. The monoisotopic (exact) mass is 494 g/mol. The summed E-state index contributed by atoms with van der Waals surface area (Å²) in [6.07, 6.45) is -0.407. The Morgan fingerprint density at radius 1 is 1.18 bits per heavy atom. The van der Waals surface area contributed by atoms with Crippen LogP contribution in [0.1, 0.15) is 46.1 Å². The minimum absolute atomic E-state index is 0.0331. The van der Waals surface area contributed by atoms with Crippen LogP contribution in [0.2, 0.25) is 10.0 Å². The van der Waals surface area contributed by atoms with Crippen molar-refractivity contribution < 1.29 is 18.0 Å². The Hall–Kier alpha value is -3.11. The largest absolute Gasteiger partial charge is 0.433 e. The van der Waals surface area contributed by atoms with E-state index in [0.29, 0.717) is 25.8 Å². The zero-order valence-electron chi connectivity index (χ0n) is 16.8. The second kappa shape index (κ2) is 8.03. The molecule has 0 atom stereocenters. The number of nitrogens with zero attached hydrogens (tertiary/aromatic N) is 5. The first-order chi connectivity index (χ1) is 15.7. The molecular formula is C21H15Cl2F3N6O. The molecule has 170 valence electrons. The first kappa shape index (κ1) is 21.7. The van der Waals surface area contributed by atoms with Gasteiger partial charge in [-0.05, 0) is 31.0 Å². The SMILES string of the molecule is O=C(Nc1ccn(Cc2c(Cl)cccc2Cl)n1)c1cnn2c(C(F)(F)F)cc(C3CC3)nc12. The maximum atomic E-state index is 13.6. The predicted octanol–water partition coefficient (Wildman–Crippen LogP) is 5.43. The highest BCUT2D eigenvalue weighted by Gasteiger charge is 2.38. The molecule has 1 fully saturated rings. The number of carbonyl (C=O) groups is 1. The van der Waals surface area contributed by atoms with E-state index in [1.54, 1.807) is 30.5 Å². The zero-order valence-corrected chi connectivity index (χ0v) is 18.3. The second-order valence-corrected chi connectivity index (χ2v) is 8.50. The Morgan fingerprint density at radius 3 is 2.58 bits per heavy atom. The van der Waals surface area contributed by atoms with Gasteiger partial charge in [0.1, 0.15) is 11.3 Å². The van der Waals surface area contributed by atoms with Crippen molar-refractivity contribution in [2.75, 3.05) is 5.32 Å². The molecule has 3 heterocycles. The minimum atomic E-state index is -4.64. The van der Waals surface area contributed by atoms with Crippen molar-refractivity contribution in [3.8, 4) is 0 Å². The van der Waals surface area contributed by atoms with Gasteiger partial charge in [0.05, 0.1) is 12.7 Å². The van der Waals surface area contributed by atoms with Crippen molar-refractivity contribution in [2.24, 2.45) is 0 Å². The number of anilines is 1. The van der Waals surface area contributed by atoms with Crippen LogP contribution >= 0.6 is 23.2 Å². The van der Waals surface area contributed by atoms with Crippen LogP contribution in [0.25, 0.3) is 5.65 Å². The van der Waals surface area contributed by atoms with Crippen LogP contribution in [0.5, 0.6) is 0 Å². The van der Waals surface area contributed by atoms with E-state index >= 15 is 0 Å². The fraction of sp³-hybridized carbons (Fsp3) is 0.238. The van der Waals surface area contributed by atoms with Crippen molar-refractivity contribution in [3.63, 3.8) is 0 Å². The summed E-state index contributed by atoms with van der Waals surface area (Å²) in [5, 5.41) is 11.6. The Labute approximate surface area is 195 Å². The average molecular weight is 495 g/mol. The van der Waals surface area contributed by atoms with Gasteiger partial charge in [-0.2, -0.15) is 23.4 Å². The fourth-order valence-electron chi connectivity index (χ4n) is 3.48. The summed E-state index contributed by atoms with van der Waals surface area (Å²) in [5.41, 5.74) is -0.209. The topological polar surface area (TPSA) is 77.1 Å². The number of nitrogens with one attached hydrogen (secondary N) is 1. The number of alkyl halides is 3. The number of amides is 1. The normalized spacial score (nSPS) is 14.1. The van der Waals surface area contributed by atoms with Crippen molar-refractivity contribution in [2.45, 2.75) is 31.5 Å². The Balaban J connectivity index is 1.42. The first-order valence-corrected chi connectivity index (χ1v) is 10.7. The highest BCUT2D eigenvalue weighted by atomic mass is 35.5. The number of hydrogen-bond donors (Lipinski definition) is 1. The Morgan fingerprint density at radius 2 is 1.91 bits per heavy atom. The van der Waals surface area contributed by atoms with E-state index in [0.717, 1.165) is 25.1 Å². The third-order valence-corrected chi connectivity index (χ3v) is 5.99. The molecule has 0 spiro atoms. The third kappa shape index (κ3) is 4.28. The van der Waals surface area contributed by atoms with Gasteiger partial charge >= 0.3 is 6.18 Å². The van der Waals surface area contributed by atoms with E-state index in [1.165, 1.54) is 4.68 Å². The maximum Gasteiger partial charge on any atom is 0.433 e. The molecule has 1 amide bonds. The summed E-state index contributed by atoms with van der Waals surface area (Å²) in [5.74, 6) is -0.495. The van der Waals surface area contributed by atoms with E-state index in [4.69, 9.17) is 23.2 Å². The quantitative estimate of drug-likeness (QED) is 0.401. The lowest BCUT2D eigenvalue weighted by molar-refractivity contribution is -0.142. The third-order valence-electron chi connectivity index (χ3n) is 5.29. The number of rotatable bonds is 5. The average Bonchev–Trinajstić information content (AvgIpc) is 3.37. The Kier molecular flexibility index (Phi) is 5.29. The maximum absolute atomic E-state index is 13.6. The van der Waals surface area contributed by atoms with Crippen molar-refractivity contribution in [3.05, 3.63) is 75.3 Å². The van der Waals surface area contributed by atoms with Gasteiger partial charge in [0, 0.05) is 39.5 Å². The molecule has 0 saturated heterocycles. The zero-order chi connectivity index (χ0) is 23.3. The first-order valence-electron chi connectivity index (χ1n) is 9.94. The summed E-state index contributed by atoms with van der Waals surface area (Å²) >= 11 is 12.4. The molecule has 0 bridgehead atoms. The number of fused-ring (bicyclic) bond motifs is 1. The molecule has 3 aromatic heterocycles. The molecule has 33 heavy (non-hydrogen) atoms. The summed E-state index contributed by atoms with van der Waals surface area (Å²) in [7, 11) is 0. The molecule has 7 nitrogen and oxygen atoms in total. The minimum Gasteiger partial charge on any atom is -0.305 e. The van der Waals surface area contributed by atoms with Crippen molar-refractivity contribution in [1.29, 1.82) is 0 Å². The smallest absolute Gasteiger partial charge is 0.305 e. The molecule has 1 aliphatic carbocycles. The van der Waals surface area contributed by atoms with Gasteiger partial charge < -0.3 is 5.32 Å². The molecule has 1 aliphatic rings. The van der Waals surface area contributed by atoms with Gasteiger partial charge in [0.15, 0.2) is 11.5 Å². The van der Waals surface area contributed by atoms with Crippen LogP contribution in [0, 0.1) is 0 Å². The lowest BCUT2D eigenvalue weighted by atomic mass is 10.2. The van der Waals surface area contributed by atoms with Crippen LogP contribution in [0.15, 0.2) is 42.7 Å². The van der Waals surface area contributed by atoms with E-state index in [9.17, 15) is 18.0 Å². The highest BCUT2D eigenvalue weighted by Crippen LogP contribution is 2.41. The molecule has 1 N–H and O–H groups in total. The fourth-order valence-corrected chi connectivity index (χ4v) is 3.99. The van der Waals surface area contributed by atoms with Crippen LogP contribution in [-0.2, 0) is 12.7 Å². The number of benzene rings is 1. The molecule has 12 heteroatoms. The van der Waals surface area contributed by atoms with E-state index in [-0.39, 0.29) is 29.5 Å². The summed E-state index contributed by atoms with van der Waals surface area (Å²) < 4.78 is 42.9. The predicted molar refractivity (Wildman–Crippen MR) is 116 cm³/mol. The molecule has 0 unspecified atom stereocenters. The summed E-state index contributed by atoms with van der Waals surface area (Å²) in [6.45, 7) is 0.270. The van der Waals surface area contributed by atoms with E-state index < -0.39 is 17.8 Å². The highest BCUT2D eigenvalue weighted by molar-refractivity contribution is 6.35. The molecule has 1 aromatic carbocycles. The van der Waals surface area contributed by atoms with Crippen molar-refractivity contribution in [1.82, 2.24) is 24.4 Å². The van der Waals surface area contributed by atoms with Gasteiger partial charge in [0.2, 0.25) is 0 Å². The van der Waals surface area contributed by atoms with Crippen LogP contribution < -0.4 is 5.32 Å². The molecule has 4 aromatic rings. The summed E-state index contributed by atoms with van der Waals surface area (Å²) in [4.78, 5) is 17.1. The Bertz CT molecular complexity index is 1360. The molecule has 5 rings (SSSR count). The number of hydrogen-bond acceptors (Lipinski definition) is 4. The lowest BCUT2D eigenvalue weighted by Gasteiger charge is -2.11. The van der Waals surface area contributed by atoms with Crippen molar-refractivity contribution >= 4 is 40.6 Å². The van der Waals surface area contributed by atoms with Crippen LogP contribution in [0.3, 0.4) is 0 Å². The number of aromatic nitrogens is 5. The van der Waals surface area contributed by atoms with E-state index in [1.807, 2.05) is 0 Å². The van der Waals surface area contributed by atoms with Gasteiger partial charge in [-0.15, -0.1) is 0 Å². The molecule has 1 saturated carbocycles. The lowest BCUT2D eigenvalue weighted by Crippen LogP contribution is -2.16. The molecule has 0 aliphatic heterocycles. The molecule has 0 radical (unpaired) electrons. The van der Waals surface area contributed by atoms with Gasteiger partial charge in [-0.1, -0.05) is 29.3 Å². The van der Waals surface area contributed by atoms with E-state index in [2.05, 4.69) is 20.5 Å². The standard InChI is InChI=1S/C21H15Cl2F3N6O/c22-14-2-1-3-15(23)13(14)10-31-7-6-18(30-31)29-20(33)12-9-27-32-17(21(24,25)26)8-16(11-4-5-11)28-19(12)32/h1-3,6-9,11H,4-5,10H2,(H,29,30,33). The number of carbonyl (C=O) groups excluding carboxylic acids is 1. The number of halogens is 5. The molecular weight excluding hydrogens is 480 g/mol. The van der Waals surface area contributed by atoms with Gasteiger partial charge in [-0.25, -0.2) is 9.50 Å². The van der Waals surface area contributed by atoms with Gasteiger partial charge in [0.25, 0.3) is 5.91 Å². The van der Waals surface area contributed by atoms with Crippen LogP contribution in [0.4, 0.5) is 19.0 Å². The van der Waals surface area contributed by atoms with Gasteiger partial charge in [-0.3, -0.25) is 9.48 Å². The van der Waals surface area contributed by atoms with Crippen LogP contribution in [-0.4, -0.2) is 30.3 Å².